The van der Waals surface area contributed by atoms with Crippen LogP contribution in [0.3, 0.4) is 0 Å². The van der Waals surface area contributed by atoms with E-state index >= 15 is 0 Å². The van der Waals surface area contributed by atoms with Gasteiger partial charge in [-0.1, -0.05) is 37.3 Å². The molecule has 21 heavy (non-hydrogen) atoms. The predicted molar refractivity (Wildman–Crippen MR) is 101 cm³/mol. The summed E-state index contributed by atoms with van der Waals surface area (Å²) in [6.07, 6.45) is 2.07. The number of halogens is 1. The van der Waals surface area contributed by atoms with Gasteiger partial charge in [0.1, 0.15) is 0 Å². The van der Waals surface area contributed by atoms with Crippen molar-refractivity contribution in [2.24, 2.45) is 4.99 Å². The first-order chi connectivity index (χ1) is 9.77. The van der Waals surface area contributed by atoms with Gasteiger partial charge in [-0.2, -0.15) is 0 Å². The van der Waals surface area contributed by atoms with Gasteiger partial charge in [-0.15, -0.1) is 24.0 Å². The molecular weight excluding hydrogens is 377 g/mol. The second kappa shape index (κ2) is 12.9. The van der Waals surface area contributed by atoms with E-state index in [0.29, 0.717) is 5.92 Å². The summed E-state index contributed by atoms with van der Waals surface area (Å²) in [4.78, 5) is 4.21. The third-order valence-corrected chi connectivity index (χ3v) is 3.28. The maximum atomic E-state index is 5.02. The minimum atomic E-state index is 0. The normalized spacial score (nSPS) is 12.4. The Hall–Kier alpha value is -0.820. The lowest BCUT2D eigenvalue weighted by Gasteiger charge is -2.15. The van der Waals surface area contributed by atoms with Gasteiger partial charge in [0, 0.05) is 33.9 Å². The highest BCUT2D eigenvalue weighted by molar-refractivity contribution is 14.0. The summed E-state index contributed by atoms with van der Waals surface area (Å²) >= 11 is 0. The Kier molecular flexibility index (Phi) is 12.4. The van der Waals surface area contributed by atoms with E-state index in [-0.39, 0.29) is 24.0 Å². The number of rotatable bonds is 8. The van der Waals surface area contributed by atoms with Crippen LogP contribution in [0.15, 0.2) is 35.3 Å². The fourth-order valence-electron chi connectivity index (χ4n) is 2.00. The Labute approximate surface area is 145 Å². The van der Waals surface area contributed by atoms with Crippen LogP contribution < -0.4 is 10.6 Å². The highest BCUT2D eigenvalue weighted by Gasteiger charge is 2.05. The Morgan fingerprint density at radius 1 is 1.19 bits per heavy atom. The average Bonchev–Trinajstić information content (AvgIpc) is 2.50. The molecule has 0 amide bonds. The number of hydrogen-bond acceptors (Lipinski definition) is 2. The molecule has 2 N–H and O–H groups in total. The summed E-state index contributed by atoms with van der Waals surface area (Å²) in [6.45, 7) is 4.82. The van der Waals surface area contributed by atoms with Gasteiger partial charge < -0.3 is 15.4 Å². The Morgan fingerprint density at radius 2 is 1.86 bits per heavy atom. The second-order valence-electron chi connectivity index (χ2n) is 4.87. The summed E-state index contributed by atoms with van der Waals surface area (Å²) in [7, 11) is 3.52. The monoisotopic (exact) mass is 405 g/mol. The number of ether oxygens (including phenoxy) is 1. The molecule has 0 aliphatic rings. The molecule has 0 aliphatic carbocycles. The van der Waals surface area contributed by atoms with Crippen molar-refractivity contribution < 1.29 is 4.74 Å². The fourth-order valence-corrected chi connectivity index (χ4v) is 2.00. The SMILES string of the molecule is CN=C(NCCCOC)NCCC(C)c1ccccc1.I. The fraction of sp³-hybridized carbons (Fsp3) is 0.562. The van der Waals surface area contributed by atoms with E-state index in [1.54, 1.807) is 14.2 Å². The van der Waals surface area contributed by atoms with Crippen LogP contribution in [-0.4, -0.2) is 39.8 Å². The molecule has 0 saturated carbocycles. The Morgan fingerprint density at radius 3 is 2.48 bits per heavy atom. The quantitative estimate of drug-likeness (QED) is 0.303. The number of nitrogens with one attached hydrogen (secondary N) is 2. The number of hydrogen-bond donors (Lipinski definition) is 2. The summed E-state index contributed by atoms with van der Waals surface area (Å²) in [5.41, 5.74) is 1.39. The van der Waals surface area contributed by atoms with Crippen LogP contribution in [0, 0.1) is 0 Å². The Balaban J connectivity index is 0.00000400. The maximum absolute atomic E-state index is 5.02. The van der Waals surface area contributed by atoms with Crippen LogP contribution in [0.2, 0.25) is 0 Å². The summed E-state index contributed by atoms with van der Waals surface area (Å²) in [6, 6.07) is 10.6. The zero-order valence-electron chi connectivity index (χ0n) is 13.3. The van der Waals surface area contributed by atoms with Gasteiger partial charge in [-0.05, 0) is 24.3 Å². The number of nitrogens with zero attached hydrogens (tertiary/aromatic N) is 1. The molecule has 0 heterocycles. The molecule has 5 heteroatoms. The molecule has 0 bridgehead atoms. The summed E-state index contributed by atoms with van der Waals surface area (Å²) in [5.74, 6) is 1.41. The first kappa shape index (κ1) is 20.2. The lowest BCUT2D eigenvalue weighted by molar-refractivity contribution is 0.195. The molecular formula is C16H28IN3O. The smallest absolute Gasteiger partial charge is 0.190 e. The van der Waals surface area contributed by atoms with Crippen molar-refractivity contribution in [3.63, 3.8) is 0 Å². The van der Waals surface area contributed by atoms with Crippen LogP contribution in [0.25, 0.3) is 0 Å². The van der Waals surface area contributed by atoms with E-state index in [2.05, 4.69) is 52.9 Å². The first-order valence-corrected chi connectivity index (χ1v) is 7.26. The van der Waals surface area contributed by atoms with Crippen LogP contribution >= 0.6 is 24.0 Å². The largest absolute Gasteiger partial charge is 0.385 e. The van der Waals surface area contributed by atoms with Crippen molar-refractivity contribution in [1.29, 1.82) is 0 Å². The number of aliphatic imine (C=N–C) groups is 1. The molecule has 1 rings (SSSR count). The second-order valence-corrected chi connectivity index (χ2v) is 4.87. The highest BCUT2D eigenvalue weighted by Crippen LogP contribution is 2.17. The highest BCUT2D eigenvalue weighted by atomic mass is 127. The molecule has 0 spiro atoms. The van der Waals surface area contributed by atoms with Gasteiger partial charge in [-0.3, -0.25) is 4.99 Å². The molecule has 1 unspecified atom stereocenters. The van der Waals surface area contributed by atoms with Crippen LogP contribution in [0.1, 0.15) is 31.2 Å². The van der Waals surface area contributed by atoms with Gasteiger partial charge in [-0.25, -0.2) is 0 Å². The molecule has 0 radical (unpaired) electrons. The molecule has 0 fully saturated rings. The van der Waals surface area contributed by atoms with E-state index in [4.69, 9.17) is 4.74 Å². The van der Waals surface area contributed by atoms with Gasteiger partial charge in [0.2, 0.25) is 0 Å². The third-order valence-electron chi connectivity index (χ3n) is 3.28. The lowest BCUT2D eigenvalue weighted by atomic mass is 9.98. The summed E-state index contributed by atoms with van der Waals surface area (Å²) in [5, 5.41) is 6.62. The topological polar surface area (TPSA) is 45.7 Å². The van der Waals surface area contributed by atoms with Crippen LogP contribution in [-0.2, 0) is 4.74 Å². The lowest BCUT2D eigenvalue weighted by Crippen LogP contribution is -2.38. The summed E-state index contributed by atoms with van der Waals surface area (Å²) < 4.78 is 5.02. The van der Waals surface area contributed by atoms with Gasteiger partial charge >= 0.3 is 0 Å². The van der Waals surface area contributed by atoms with E-state index in [1.165, 1.54) is 5.56 Å². The Bertz CT molecular complexity index is 384. The molecule has 0 aliphatic heterocycles. The van der Waals surface area contributed by atoms with Crippen molar-refractivity contribution in [2.75, 3.05) is 33.9 Å². The zero-order valence-corrected chi connectivity index (χ0v) is 15.6. The molecule has 0 saturated heterocycles. The van der Waals surface area contributed by atoms with Gasteiger partial charge in [0.15, 0.2) is 5.96 Å². The molecule has 120 valence electrons. The van der Waals surface area contributed by atoms with Crippen molar-refractivity contribution >= 4 is 29.9 Å². The predicted octanol–water partition coefficient (Wildman–Crippen LogP) is 3.00. The van der Waals surface area contributed by atoms with E-state index in [0.717, 1.165) is 38.5 Å². The molecule has 1 aromatic carbocycles. The minimum Gasteiger partial charge on any atom is -0.385 e. The van der Waals surface area contributed by atoms with Crippen molar-refractivity contribution in [3.05, 3.63) is 35.9 Å². The maximum Gasteiger partial charge on any atom is 0.190 e. The van der Waals surface area contributed by atoms with Crippen molar-refractivity contribution in [2.45, 2.75) is 25.7 Å². The minimum absolute atomic E-state index is 0. The number of guanidine groups is 1. The van der Waals surface area contributed by atoms with Crippen LogP contribution in [0.5, 0.6) is 0 Å². The van der Waals surface area contributed by atoms with Crippen LogP contribution in [0.4, 0.5) is 0 Å². The third kappa shape index (κ3) is 8.93. The average molecular weight is 405 g/mol. The standard InChI is InChI=1S/C16H27N3O.HI/c1-14(15-8-5-4-6-9-15)10-12-19-16(17-2)18-11-7-13-20-3;/h4-6,8-9,14H,7,10-13H2,1-3H3,(H2,17,18,19);1H. The van der Waals surface area contributed by atoms with Crippen molar-refractivity contribution in [1.82, 2.24) is 10.6 Å². The zero-order chi connectivity index (χ0) is 14.6. The number of benzene rings is 1. The first-order valence-electron chi connectivity index (χ1n) is 7.26. The van der Waals surface area contributed by atoms with E-state index in [9.17, 15) is 0 Å². The molecule has 1 aromatic rings. The molecule has 1 atom stereocenters. The van der Waals surface area contributed by atoms with Crippen molar-refractivity contribution in [3.8, 4) is 0 Å². The number of methoxy groups -OCH3 is 1. The molecule has 0 aromatic heterocycles. The van der Waals surface area contributed by atoms with Gasteiger partial charge in [0.25, 0.3) is 0 Å². The van der Waals surface area contributed by atoms with E-state index in [1.807, 2.05) is 0 Å². The van der Waals surface area contributed by atoms with E-state index < -0.39 is 0 Å². The van der Waals surface area contributed by atoms with Gasteiger partial charge in [0.05, 0.1) is 0 Å². The molecule has 4 nitrogen and oxygen atoms in total.